The minimum Gasteiger partial charge on any atom is -0.490 e. The molecule has 0 aliphatic carbocycles. The van der Waals surface area contributed by atoms with Crippen molar-refractivity contribution in [2.75, 3.05) is 32.2 Å². The van der Waals surface area contributed by atoms with Crippen LogP contribution in [0.1, 0.15) is 43.6 Å². The van der Waals surface area contributed by atoms with Crippen LogP contribution in [0.2, 0.25) is 0 Å². The number of hydrogen-bond donors (Lipinski definition) is 1. The van der Waals surface area contributed by atoms with Gasteiger partial charge in [0.05, 0.1) is 12.2 Å². The standard InChI is InChI=1S/C24H32N2O5/c1-6-29-14-15-30-21-13-8-7-12-20(21)22(27)25-19-11-9-10-18(16-19)17-26(5)23(28)31-24(2,3)4/h7-13,16H,6,14-15,17H2,1-5H3,(H,25,27). The smallest absolute Gasteiger partial charge is 0.410 e. The Hall–Kier alpha value is -3.06. The van der Waals surface area contributed by atoms with E-state index in [2.05, 4.69) is 5.32 Å². The number of rotatable bonds is 9. The van der Waals surface area contributed by atoms with Gasteiger partial charge in [-0.05, 0) is 57.5 Å². The number of ether oxygens (including phenoxy) is 3. The van der Waals surface area contributed by atoms with E-state index >= 15 is 0 Å². The van der Waals surface area contributed by atoms with Gasteiger partial charge in [0.1, 0.15) is 18.0 Å². The lowest BCUT2D eigenvalue weighted by Gasteiger charge is -2.24. The van der Waals surface area contributed by atoms with Crippen LogP contribution in [0.5, 0.6) is 5.75 Å². The largest absolute Gasteiger partial charge is 0.490 e. The highest BCUT2D eigenvalue weighted by Gasteiger charge is 2.20. The fourth-order valence-electron chi connectivity index (χ4n) is 2.76. The lowest BCUT2D eigenvalue weighted by Crippen LogP contribution is -2.33. The summed E-state index contributed by atoms with van der Waals surface area (Å²) >= 11 is 0. The summed E-state index contributed by atoms with van der Waals surface area (Å²) in [6, 6.07) is 14.4. The summed E-state index contributed by atoms with van der Waals surface area (Å²) in [6.45, 7) is 9.19. The van der Waals surface area contributed by atoms with Crippen molar-refractivity contribution in [2.45, 2.75) is 39.8 Å². The van der Waals surface area contributed by atoms with Crippen molar-refractivity contribution >= 4 is 17.7 Å². The number of hydrogen-bond acceptors (Lipinski definition) is 5. The number of anilines is 1. The summed E-state index contributed by atoms with van der Waals surface area (Å²) in [5.41, 5.74) is 1.38. The Morgan fingerprint density at radius 2 is 1.77 bits per heavy atom. The first-order valence-corrected chi connectivity index (χ1v) is 10.3. The molecule has 0 spiro atoms. The van der Waals surface area contributed by atoms with Crippen LogP contribution in [-0.2, 0) is 16.0 Å². The normalized spacial score (nSPS) is 11.0. The fraction of sp³-hybridized carbons (Fsp3) is 0.417. The summed E-state index contributed by atoms with van der Waals surface area (Å²) in [5.74, 6) is 0.227. The molecule has 2 aromatic carbocycles. The molecule has 0 aliphatic rings. The van der Waals surface area contributed by atoms with E-state index in [1.54, 1.807) is 31.3 Å². The fourth-order valence-corrected chi connectivity index (χ4v) is 2.76. The Kier molecular flexibility index (Phi) is 8.88. The lowest BCUT2D eigenvalue weighted by molar-refractivity contribution is 0.0285. The zero-order valence-electron chi connectivity index (χ0n) is 18.9. The Balaban J connectivity index is 2.03. The van der Waals surface area contributed by atoms with Gasteiger partial charge in [0.2, 0.25) is 0 Å². The van der Waals surface area contributed by atoms with Crippen molar-refractivity contribution in [1.29, 1.82) is 0 Å². The van der Waals surface area contributed by atoms with Crippen LogP contribution in [0.3, 0.4) is 0 Å². The predicted molar refractivity (Wildman–Crippen MR) is 121 cm³/mol. The van der Waals surface area contributed by atoms with E-state index in [-0.39, 0.29) is 5.91 Å². The highest BCUT2D eigenvalue weighted by molar-refractivity contribution is 6.06. The van der Waals surface area contributed by atoms with Gasteiger partial charge in [-0.25, -0.2) is 4.79 Å². The molecule has 0 aromatic heterocycles. The first-order chi connectivity index (χ1) is 14.7. The number of nitrogens with one attached hydrogen (secondary N) is 1. The van der Waals surface area contributed by atoms with Gasteiger partial charge in [-0.1, -0.05) is 24.3 Å². The van der Waals surface area contributed by atoms with Crippen LogP contribution in [0.4, 0.5) is 10.5 Å². The van der Waals surface area contributed by atoms with Gasteiger partial charge in [-0.2, -0.15) is 0 Å². The molecule has 0 atom stereocenters. The topological polar surface area (TPSA) is 77.1 Å². The molecule has 0 unspecified atom stereocenters. The molecule has 2 rings (SSSR count). The Morgan fingerprint density at radius 1 is 1.03 bits per heavy atom. The predicted octanol–water partition coefficient (Wildman–Crippen LogP) is 4.72. The Morgan fingerprint density at radius 3 is 2.48 bits per heavy atom. The van der Waals surface area contributed by atoms with E-state index in [9.17, 15) is 9.59 Å². The van der Waals surface area contributed by atoms with Crippen LogP contribution < -0.4 is 10.1 Å². The highest BCUT2D eigenvalue weighted by atomic mass is 16.6. The van der Waals surface area contributed by atoms with Crippen LogP contribution in [0.25, 0.3) is 0 Å². The molecule has 0 heterocycles. The summed E-state index contributed by atoms with van der Waals surface area (Å²) in [6.07, 6.45) is -0.403. The minimum atomic E-state index is -0.556. The van der Waals surface area contributed by atoms with Crippen LogP contribution in [0.15, 0.2) is 48.5 Å². The average molecular weight is 429 g/mol. The van der Waals surface area contributed by atoms with Crippen LogP contribution in [-0.4, -0.2) is 49.4 Å². The summed E-state index contributed by atoms with van der Waals surface area (Å²) in [4.78, 5) is 26.5. The summed E-state index contributed by atoms with van der Waals surface area (Å²) in [7, 11) is 1.68. The molecule has 2 amide bonds. The van der Waals surface area contributed by atoms with E-state index in [0.29, 0.717) is 43.4 Å². The molecule has 7 nitrogen and oxygen atoms in total. The molecule has 0 saturated carbocycles. The van der Waals surface area contributed by atoms with Crippen LogP contribution >= 0.6 is 0 Å². The summed E-state index contributed by atoms with van der Waals surface area (Å²) in [5, 5.41) is 2.90. The third kappa shape index (κ3) is 8.30. The van der Waals surface area contributed by atoms with Gasteiger partial charge in [-0.3, -0.25) is 4.79 Å². The molecule has 0 bridgehead atoms. The Bertz CT molecular complexity index is 876. The average Bonchev–Trinajstić information content (AvgIpc) is 2.70. The molecule has 31 heavy (non-hydrogen) atoms. The number of carbonyl (C=O) groups is 2. The second kappa shape index (κ2) is 11.4. The van der Waals surface area contributed by atoms with Crippen molar-refractivity contribution in [3.05, 3.63) is 59.7 Å². The SMILES string of the molecule is CCOCCOc1ccccc1C(=O)Nc1cccc(CN(C)C(=O)OC(C)(C)C)c1. The van der Waals surface area contributed by atoms with Gasteiger partial charge in [-0.15, -0.1) is 0 Å². The molecule has 1 N–H and O–H groups in total. The second-order valence-corrected chi connectivity index (χ2v) is 8.03. The van der Waals surface area contributed by atoms with Crippen molar-refractivity contribution in [3.8, 4) is 5.75 Å². The first-order valence-electron chi connectivity index (χ1n) is 10.3. The monoisotopic (exact) mass is 428 g/mol. The maximum absolute atomic E-state index is 12.8. The van der Waals surface area contributed by atoms with Gasteiger partial charge in [0.15, 0.2) is 0 Å². The number of benzene rings is 2. The molecular formula is C24H32N2O5. The van der Waals surface area contributed by atoms with Crippen molar-refractivity contribution < 1.29 is 23.8 Å². The van der Waals surface area contributed by atoms with Crippen molar-refractivity contribution in [3.63, 3.8) is 0 Å². The molecule has 0 fully saturated rings. The Labute approximate surface area is 184 Å². The van der Waals surface area contributed by atoms with Crippen LogP contribution in [0, 0.1) is 0 Å². The maximum Gasteiger partial charge on any atom is 0.410 e. The number of para-hydroxylation sites is 1. The molecule has 0 aliphatic heterocycles. The van der Waals surface area contributed by atoms with E-state index < -0.39 is 11.7 Å². The maximum atomic E-state index is 12.8. The molecule has 2 aromatic rings. The minimum absolute atomic E-state index is 0.273. The third-order valence-corrected chi connectivity index (χ3v) is 4.13. The highest BCUT2D eigenvalue weighted by Crippen LogP contribution is 2.21. The molecule has 168 valence electrons. The summed E-state index contributed by atoms with van der Waals surface area (Å²) < 4.78 is 16.4. The van der Waals surface area contributed by atoms with Crippen molar-refractivity contribution in [1.82, 2.24) is 4.90 Å². The van der Waals surface area contributed by atoms with E-state index in [1.807, 2.05) is 52.0 Å². The molecule has 0 saturated heterocycles. The molecule has 7 heteroatoms. The lowest BCUT2D eigenvalue weighted by atomic mass is 10.1. The van der Waals surface area contributed by atoms with Gasteiger partial charge in [0, 0.05) is 25.9 Å². The van der Waals surface area contributed by atoms with E-state index in [0.717, 1.165) is 5.56 Å². The van der Waals surface area contributed by atoms with Gasteiger partial charge >= 0.3 is 6.09 Å². The molecule has 0 radical (unpaired) electrons. The zero-order chi connectivity index (χ0) is 22.9. The zero-order valence-corrected chi connectivity index (χ0v) is 18.9. The third-order valence-electron chi connectivity index (χ3n) is 4.13. The quantitative estimate of drug-likeness (QED) is 0.585. The number of nitrogens with zero attached hydrogens (tertiary/aromatic N) is 1. The second-order valence-electron chi connectivity index (χ2n) is 8.03. The van der Waals surface area contributed by atoms with E-state index in [4.69, 9.17) is 14.2 Å². The first kappa shape index (κ1) is 24.2. The number of carbonyl (C=O) groups excluding carboxylic acids is 2. The van der Waals surface area contributed by atoms with Gasteiger partial charge in [0.25, 0.3) is 5.91 Å². The number of amides is 2. The van der Waals surface area contributed by atoms with Crippen molar-refractivity contribution in [2.24, 2.45) is 0 Å². The van der Waals surface area contributed by atoms with Gasteiger partial charge < -0.3 is 24.4 Å². The van der Waals surface area contributed by atoms with E-state index in [1.165, 1.54) is 4.90 Å². The molecular weight excluding hydrogens is 396 g/mol.